The summed E-state index contributed by atoms with van der Waals surface area (Å²) in [5.41, 5.74) is 0.441. The molecule has 0 bridgehead atoms. The van der Waals surface area contributed by atoms with Crippen LogP contribution in [0.25, 0.3) is 0 Å². The van der Waals surface area contributed by atoms with Crippen molar-refractivity contribution < 1.29 is 31.8 Å². The summed E-state index contributed by atoms with van der Waals surface area (Å²) < 4.78 is 66.0. The number of alkyl halides is 4. The Hall–Kier alpha value is -2.89. The van der Waals surface area contributed by atoms with Gasteiger partial charge in [-0.2, -0.15) is 18.3 Å². The molecular formula is C26H35F4N5O3. The van der Waals surface area contributed by atoms with Gasteiger partial charge < -0.3 is 19.7 Å². The summed E-state index contributed by atoms with van der Waals surface area (Å²) in [5.74, 6) is 0.257. The number of amides is 1. The molecule has 0 spiro atoms. The van der Waals surface area contributed by atoms with Gasteiger partial charge in [0.2, 0.25) is 5.88 Å². The number of nitrogens with zero attached hydrogens (tertiary/aromatic N) is 4. The molecule has 0 unspecified atom stereocenters. The van der Waals surface area contributed by atoms with E-state index in [9.17, 15) is 18.0 Å². The molecule has 1 N–H and O–H groups in total. The molecule has 1 atom stereocenters. The topological polar surface area (TPSA) is 81.5 Å². The zero-order valence-electron chi connectivity index (χ0n) is 21.8. The minimum atomic E-state index is -4.45. The lowest BCUT2D eigenvalue weighted by molar-refractivity contribution is -0.190. The molecule has 1 saturated carbocycles. The van der Waals surface area contributed by atoms with Crippen molar-refractivity contribution in [3.05, 3.63) is 35.8 Å². The Morgan fingerprint density at radius 2 is 1.97 bits per heavy atom. The molecule has 12 heteroatoms. The largest absolute Gasteiger partial charge is 0.480 e. The average molecular weight is 542 g/mol. The molecule has 0 saturated heterocycles. The van der Waals surface area contributed by atoms with E-state index in [4.69, 9.17) is 9.47 Å². The third kappa shape index (κ3) is 7.81. The fourth-order valence-corrected chi connectivity index (χ4v) is 4.93. The lowest BCUT2D eigenvalue weighted by atomic mass is 9.81. The van der Waals surface area contributed by atoms with Gasteiger partial charge in [0, 0.05) is 50.9 Å². The molecule has 0 aromatic carbocycles. The predicted molar refractivity (Wildman–Crippen MR) is 132 cm³/mol. The second-order valence-corrected chi connectivity index (χ2v) is 10.3. The molecule has 1 aliphatic heterocycles. The zero-order chi connectivity index (χ0) is 27.3. The van der Waals surface area contributed by atoms with Crippen LogP contribution in [-0.2, 0) is 24.7 Å². The molecule has 210 valence electrons. The van der Waals surface area contributed by atoms with Gasteiger partial charge in [0.25, 0.3) is 5.91 Å². The van der Waals surface area contributed by atoms with Crippen LogP contribution in [0.5, 0.6) is 11.6 Å². The van der Waals surface area contributed by atoms with Crippen molar-refractivity contribution in [2.75, 3.05) is 26.2 Å². The minimum Gasteiger partial charge on any atom is -0.480 e. The van der Waals surface area contributed by atoms with E-state index in [1.165, 1.54) is 12.3 Å². The summed E-state index contributed by atoms with van der Waals surface area (Å²) in [7, 11) is 1.76. The van der Waals surface area contributed by atoms with Crippen molar-refractivity contribution in [2.45, 2.75) is 75.9 Å². The summed E-state index contributed by atoms with van der Waals surface area (Å²) in [5, 5.41) is 6.92. The highest BCUT2D eigenvalue weighted by Gasteiger charge is 2.38. The first kappa shape index (κ1) is 28.1. The molecule has 2 aliphatic rings. The van der Waals surface area contributed by atoms with Crippen LogP contribution in [0.1, 0.15) is 50.3 Å². The first-order valence-electron chi connectivity index (χ1n) is 13.0. The van der Waals surface area contributed by atoms with Crippen LogP contribution >= 0.6 is 0 Å². The Morgan fingerprint density at radius 3 is 2.66 bits per heavy atom. The van der Waals surface area contributed by atoms with E-state index < -0.39 is 17.9 Å². The maximum atomic E-state index is 15.6. The quantitative estimate of drug-likeness (QED) is 0.487. The fraction of sp³-hybridized carbons (Fsp3) is 0.654. The number of ether oxygens (including phenoxy) is 2. The lowest BCUT2D eigenvalue weighted by Gasteiger charge is -2.35. The Labute approximate surface area is 219 Å². The number of rotatable bonds is 9. The Morgan fingerprint density at radius 1 is 1.24 bits per heavy atom. The average Bonchev–Trinajstić information content (AvgIpc) is 3.18. The molecular weight excluding hydrogens is 506 g/mol. The van der Waals surface area contributed by atoms with Crippen LogP contribution < -0.4 is 14.8 Å². The third-order valence-corrected chi connectivity index (χ3v) is 7.34. The van der Waals surface area contributed by atoms with E-state index in [-0.39, 0.29) is 24.4 Å². The number of aromatic nitrogens is 3. The number of aryl methyl sites for hydroxylation is 1. The fourth-order valence-electron chi connectivity index (χ4n) is 4.93. The van der Waals surface area contributed by atoms with Crippen molar-refractivity contribution in [1.82, 2.24) is 25.0 Å². The highest BCUT2D eigenvalue weighted by Crippen LogP contribution is 2.35. The van der Waals surface area contributed by atoms with Crippen molar-refractivity contribution in [3.63, 3.8) is 0 Å². The van der Waals surface area contributed by atoms with Gasteiger partial charge in [-0.05, 0) is 51.0 Å². The molecule has 38 heavy (non-hydrogen) atoms. The maximum Gasteiger partial charge on any atom is 0.425 e. The third-order valence-electron chi connectivity index (χ3n) is 7.34. The van der Waals surface area contributed by atoms with Crippen LogP contribution in [-0.4, -0.2) is 75.8 Å². The summed E-state index contributed by atoms with van der Waals surface area (Å²) in [6, 6.07) is 3.19. The second-order valence-electron chi connectivity index (χ2n) is 10.3. The molecule has 1 amide bonds. The Balaban J connectivity index is 1.18. The maximum absolute atomic E-state index is 15.6. The van der Waals surface area contributed by atoms with Gasteiger partial charge in [-0.3, -0.25) is 9.48 Å². The first-order valence-corrected chi connectivity index (χ1v) is 13.0. The van der Waals surface area contributed by atoms with Gasteiger partial charge in [0.05, 0.1) is 12.4 Å². The molecule has 4 rings (SSSR count). The lowest BCUT2D eigenvalue weighted by Crippen LogP contribution is -2.44. The van der Waals surface area contributed by atoms with Gasteiger partial charge in [-0.25, -0.2) is 9.37 Å². The number of carbonyl (C=O) groups excluding carboxylic acids is 1. The van der Waals surface area contributed by atoms with Crippen LogP contribution in [0.4, 0.5) is 17.6 Å². The number of pyridine rings is 1. The summed E-state index contributed by atoms with van der Waals surface area (Å²) in [6.07, 6.45) is 0.418. The molecule has 1 aliphatic carbocycles. The first-order chi connectivity index (χ1) is 18.0. The number of fused-ring (bicyclic) bond motifs is 1. The number of carbonyl (C=O) groups is 1. The van der Waals surface area contributed by atoms with Crippen molar-refractivity contribution in [3.8, 4) is 11.6 Å². The summed E-state index contributed by atoms with van der Waals surface area (Å²) in [6.45, 7) is 2.84. The number of nitrogens with one attached hydrogen (secondary N) is 1. The van der Waals surface area contributed by atoms with E-state index in [0.717, 1.165) is 24.7 Å². The zero-order valence-corrected chi connectivity index (χ0v) is 21.8. The molecule has 3 heterocycles. The Kier molecular flexibility index (Phi) is 8.79. The normalized spacial score (nSPS) is 23.3. The smallest absolute Gasteiger partial charge is 0.425 e. The standard InChI is InChI=1S/C26H35F4N5O3/c1-18(26(28,29)30)38-24-4-3-19-7-12-35(13-8-22(19)33-24)14-11-25(27)9-5-20(6-10-25)32-23(36)17-37-21-15-31-34(2)16-21/h3-4,15-16,18,20H,5-14,17H2,1-2H3,(H,32,36)/t18-,20-,25+/m1/s1. The van der Waals surface area contributed by atoms with Gasteiger partial charge in [-0.1, -0.05) is 6.07 Å². The van der Waals surface area contributed by atoms with Gasteiger partial charge in [0.15, 0.2) is 18.5 Å². The number of hydrogen-bond acceptors (Lipinski definition) is 6. The van der Waals surface area contributed by atoms with Crippen LogP contribution in [0.2, 0.25) is 0 Å². The molecule has 1 fully saturated rings. The van der Waals surface area contributed by atoms with Crippen LogP contribution in [0.15, 0.2) is 24.5 Å². The van der Waals surface area contributed by atoms with Gasteiger partial charge in [0.1, 0.15) is 5.67 Å². The van der Waals surface area contributed by atoms with Crippen LogP contribution in [0.3, 0.4) is 0 Å². The molecule has 8 nitrogen and oxygen atoms in total. The highest BCUT2D eigenvalue weighted by atomic mass is 19.4. The van der Waals surface area contributed by atoms with Crippen molar-refractivity contribution in [1.29, 1.82) is 0 Å². The number of hydrogen-bond donors (Lipinski definition) is 1. The van der Waals surface area contributed by atoms with E-state index in [0.29, 0.717) is 63.8 Å². The monoisotopic (exact) mass is 541 g/mol. The van der Waals surface area contributed by atoms with E-state index >= 15 is 4.39 Å². The summed E-state index contributed by atoms with van der Waals surface area (Å²) >= 11 is 0. The minimum absolute atomic E-state index is 0.0303. The highest BCUT2D eigenvalue weighted by molar-refractivity contribution is 5.77. The van der Waals surface area contributed by atoms with Crippen molar-refractivity contribution >= 4 is 5.91 Å². The van der Waals surface area contributed by atoms with Crippen LogP contribution in [0, 0.1) is 0 Å². The van der Waals surface area contributed by atoms with Crippen molar-refractivity contribution in [2.24, 2.45) is 7.05 Å². The second kappa shape index (κ2) is 11.9. The van der Waals surface area contributed by atoms with E-state index in [1.54, 1.807) is 24.0 Å². The predicted octanol–water partition coefficient (Wildman–Crippen LogP) is 3.78. The SMILES string of the molecule is C[C@@H](Oc1ccc2c(n1)CCN(CC[C@]1(F)CC[C@@H](NC(=O)COc3cnn(C)c3)CC1)CC2)C(F)(F)F. The van der Waals surface area contributed by atoms with E-state index in [2.05, 4.69) is 20.3 Å². The number of halogens is 4. The van der Waals surface area contributed by atoms with Gasteiger partial charge >= 0.3 is 6.18 Å². The van der Waals surface area contributed by atoms with Gasteiger partial charge in [-0.15, -0.1) is 0 Å². The molecule has 0 radical (unpaired) electrons. The molecule has 2 aromatic rings. The Bertz CT molecular complexity index is 1090. The summed E-state index contributed by atoms with van der Waals surface area (Å²) in [4.78, 5) is 18.7. The van der Waals surface area contributed by atoms with E-state index in [1.807, 2.05) is 0 Å². The molecule has 2 aromatic heterocycles.